The molecular formula is C15H25N3O. The van der Waals surface area contributed by atoms with Gasteiger partial charge in [-0.2, -0.15) is 0 Å². The molecule has 0 aliphatic heterocycles. The molecule has 4 nitrogen and oxygen atoms in total. The fourth-order valence-corrected chi connectivity index (χ4v) is 1.92. The van der Waals surface area contributed by atoms with Crippen LogP contribution in [0.4, 0.5) is 5.69 Å². The molecule has 1 aliphatic rings. The Morgan fingerprint density at radius 3 is 2.84 bits per heavy atom. The molecule has 1 fully saturated rings. The second-order valence-corrected chi connectivity index (χ2v) is 5.40. The number of pyridine rings is 1. The van der Waals surface area contributed by atoms with Crippen molar-refractivity contribution in [2.75, 3.05) is 31.7 Å². The van der Waals surface area contributed by atoms with Gasteiger partial charge in [0, 0.05) is 26.2 Å². The van der Waals surface area contributed by atoms with Gasteiger partial charge in [-0.3, -0.25) is 4.98 Å². The van der Waals surface area contributed by atoms with Gasteiger partial charge in [0.1, 0.15) is 0 Å². The van der Waals surface area contributed by atoms with Crippen molar-refractivity contribution in [3.05, 3.63) is 24.0 Å². The minimum absolute atomic E-state index is 0.0428. The number of rotatable bonds is 8. The van der Waals surface area contributed by atoms with Crippen LogP contribution >= 0.6 is 0 Å². The maximum absolute atomic E-state index is 5.96. The molecular weight excluding hydrogens is 238 g/mol. The lowest BCUT2D eigenvalue weighted by atomic mass is 10.1. The van der Waals surface area contributed by atoms with E-state index in [1.54, 1.807) is 0 Å². The van der Waals surface area contributed by atoms with Gasteiger partial charge in [0.05, 0.1) is 24.2 Å². The van der Waals surface area contributed by atoms with Gasteiger partial charge in [-0.25, -0.2) is 0 Å². The highest BCUT2D eigenvalue weighted by Crippen LogP contribution is 2.28. The first kappa shape index (κ1) is 14.3. The second-order valence-electron chi connectivity index (χ2n) is 5.40. The Morgan fingerprint density at radius 1 is 1.47 bits per heavy atom. The van der Waals surface area contributed by atoms with Crippen LogP contribution in [-0.4, -0.2) is 31.8 Å². The van der Waals surface area contributed by atoms with E-state index in [1.807, 2.05) is 12.3 Å². The first-order chi connectivity index (χ1) is 9.20. The number of anilines is 1. The summed E-state index contributed by atoms with van der Waals surface area (Å²) in [6.07, 6.45) is 5.50. The van der Waals surface area contributed by atoms with Crippen molar-refractivity contribution < 1.29 is 4.74 Å². The Labute approximate surface area is 116 Å². The van der Waals surface area contributed by atoms with Crippen molar-refractivity contribution in [2.45, 2.75) is 32.2 Å². The van der Waals surface area contributed by atoms with Crippen molar-refractivity contribution in [3.63, 3.8) is 0 Å². The number of hydrogen-bond donors (Lipinski definition) is 1. The molecule has 19 heavy (non-hydrogen) atoms. The molecule has 0 unspecified atom stereocenters. The smallest absolute Gasteiger partial charge is 0.0641 e. The van der Waals surface area contributed by atoms with E-state index in [0.29, 0.717) is 0 Å². The summed E-state index contributed by atoms with van der Waals surface area (Å²) in [6, 6.07) is 4.14. The summed E-state index contributed by atoms with van der Waals surface area (Å²) in [7, 11) is 2.07. The van der Waals surface area contributed by atoms with Crippen LogP contribution in [0.2, 0.25) is 0 Å². The molecule has 1 aliphatic carbocycles. The van der Waals surface area contributed by atoms with E-state index in [0.717, 1.165) is 43.5 Å². The molecule has 0 radical (unpaired) electrons. The lowest BCUT2D eigenvalue weighted by molar-refractivity contribution is 0.131. The van der Waals surface area contributed by atoms with Gasteiger partial charge in [-0.1, -0.05) is 6.92 Å². The zero-order valence-corrected chi connectivity index (χ0v) is 12.0. The van der Waals surface area contributed by atoms with Crippen LogP contribution in [0.3, 0.4) is 0 Å². The average molecular weight is 263 g/mol. The topological polar surface area (TPSA) is 51.4 Å². The minimum atomic E-state index is 0.0428. The fourth-order valence-electron chi connectivity index (χ4n) is 1.92. The van der Waals surface area contributed by atoms with Crippen molar-refractivity contribution in [3.8, 4) is 0 Å². The second kappa shape index (κ2) is 6.87. The molecule has 0 spiro atoms. The third-order valence-electron chi connectivity index (χ3n) is 3.65. The Balaban J connectivity index is 1.75. The van der Waals surface area contributed by atoms with Crippen LogP contribution < -0.4 is 10.6 Å². The first-order valence-electron chi connectivity index (χ1n) is 7.21. The number of ether oxygens (including phenoxy) is 1. The standard InChI is InChI=1S/C15H25N3O/c1-3-14(16)15-7-6-13(10-17-15)18(2)8-9-19-11-12-4-5-12/h6-7,10,12,14H,3-5,8-9,11,16H2,1-2H3/t14-/m1/s1. The molecule has 0 saturated heterocycles. The Hall–Kier alpha value is -1.13. The number of hydrogen-bond acceptors (Lipinski definition) is 4. The number of nitrogens with zero attached hydrogens (tertiary/aromatic N) is 2. The number of likely N-dealkylation sites (N-methyl/N-ethyl adjacent to an activating group) is 1. The Kier molecular flexibility index (Phi) is 5.16. The molecule has 1 aromatic rings. The maximum Gasteiger partial charge on any atom is 0.0641 e. The number of nitrogens with two attached hydrogens (primary N) is 1. The van der Waals surface area contributed by atoms with E-state index < -0.39 is 0 Å². The molecule has 0 bridgehead atoms. The van der Waals surface area contributed by atoms with E-state index in [2.05, 4.69) is 29.9 Å². The van der Waals surface area contributed by atoms with E-state index in [9.17, 15) is 0 Å². The fraction of sp³-hybridized carbons (Fsp3) is 0.667. The van der Waals surface area contributed by atoms with Gasteiger partial charge in [0.15, 0.2) is 0 Å². The lowest BCUT2D eigenvalue weighted by Gasteiger charge is -2.19. The molecule has 1 heterocycles. The van der Waals surface area contributed by atoms with Crippen LogP contribution in [0.1, 0.15) is 37.9 Å². The summed E-state index contributed by atoms with van der Waals surface area (Å²) < 4.78 is 5.65. The van der Waals surface area contributed by atoms with Gasteiger partial charge >= 0.3 is 0 Å². The molecule has 106 valence electrons. The molecule has 2 rings (SSSR count). The van der Waals surface area contributed by atoms with Crippen LogP contribution in [0.25, 0.3) is 0 Å². The summed E-state index contributed by atoms with van der Waals surface area (Å²) in [5, 5.41) is 0. The highest BCUT2D eigenvalue weighted by Gasteiger charge is 2.20. The monoisotopic (exact) mass is 263 g/mol. The van der Waals surface area contributed by atoms with Crippen molar-refractivity contribution in [1.29, 1.82) is 0 Å². The number of aromatic nitrogens is 1. The largest absolute Gasteiger partial charge is 0.379 e. The van der Waals surface area contributed by atoms with Crippen LogP contribution in [0.15, 0.2) is 18.3 Å². The van der Waals surface area contributed by atoms with Crippen LogP contribution in [0.5, 0.6) is 0 Å². The zero-order chi connectivity index (χ0) is 13.7. The molecule has 1 aromatic heterocycles. The lowest BCUT2D eigenvalue weighted by Crippen LogP contribution is -2.23. The molecule has 4 heteroatoms. The van der Waals surface area contributed by atoms with E-state index in [1.165, 1.54) is 12.8 Å². The summed E-state index contributed by atoms with van der Waals surface area (Å²) in [5.74, 6) is 0.835. The SMILES string of the molecule is CC[C@@H](N)c1ccc(N(C)CCOCC2CC2)cn1. The van der Waals surface area contributed by atoms with E-state index >= 15 is 0 Å². The summed E-state index contributed by atoms with van der Waals surface area (Å²) in [6.45, 7) is 4.68. The Bertz CT molecular complexity index is 375. The highest BCUT2D eigenvalue weighted by atomic mass is 16.5. The van der Waals surface area contributed by atoms with Gasteiger partial charge in [0.2, 0.25) is 0 Å². The highest BCUT2D eigenvalue weighted by molar-refractivity contribution is 5.43. The van der Waals surface area contributed by atoms with Gasteiger partial charge in [-0.05, 0) is 37.3 Å². The van der Waals surface area contributed by atoms with Gasteiger partial charge in [-0.15, -0.1) is 0 Å². The molecule has 0 amide bonds. The first-order valence-corrected chi connectivity index (χ1v) is 7.21. The predicted octanol–water partition coefficient (Wildman–Crippen LogP) is 2.35. The summed E-state index contributed by atoms with van der Waals surface area (Å²) in [5.41, 5.74) is 8.03. The van der Waals surface area contributed by atoms with Crippen LogP contribution in [-0.2, 0) is 4.74 Å². The van der Waals surface area contributed by atoms with Crippen molar-refractivity contribution in [2.24, 2.45) is 11.7 Å². The summed E-state index contributed by atoms with van der Waals surface area (Å²) in [4.78, 5) is 6.60. The minimum Gasteiger partial charge on any atom is -0.379 e. The third-order valence-corrected chi connectivity index (χ3v) is 3.65. The molecule has 1 saturated carbocycles. The average Bonchev–Trinajstić information content (AvgIpc) is 3.27. The van der Waals surface area contributed by atoms with Gasteiger partial charge < -0.3 is 15.4 Å². The summed E-state index contributed by atoms with van der Waals surface area (Å²) >= 11 is 0. The van der Waals surface area contributed by atoms with Crippen molar-refractivity contribution >= 4 is 5.69 Å². The third kappa shape index (κ3) is 4.48. The quantitative estimate of drug-likeness (QED) is 0.732. The molecule has 0 aromatic carbocycles. The predicted molar refractivity (Wildman–Crippen MR) is 78.3 cm³/mol. The Morgan fingerprint density at radius 2 is 2.26 bits per heavy atom. The maximum atomic E-state index is 5.96. The molecule has 2 N–H and O–H groups in total. The zero-order valence-electron chi connectivity index (χ0n) is 12.0. The molecule has 1 atom stereocenters. The van der Waals surface area contributed by atoms with Gasteiger partial charge in [0.25, 0.3) is 0 Å². The van der Waals surface area contributed by atoms with E-state index in [-0.39, 0.29) is 6.04 Å². The van der Waals surface area contributed by atoms with Crippen molar-refractivity contribution in [1.82, 2.24) is 4.98 Å². The normalized spacial score (nSPS) is 16.4. The van der Waals surface area contributed by atoms with Crippen LogP contribution in [0, 0.1) is 5.92 Å². The van der Waals surface area contributed by atoms with E-state index in [4.69, 9.17) is 10.5 Å².